The standard InChI is InChI=1S/C26H25FN4O4/c27-19-6-8-20(9-7-19)28-26(34)30-13-17-12-18(15-30)23-11-10-22(25(33)31(23)14-17)29-24(32)16-35-21-4-2-1-3-5-21/h1-11,17-18H,12-16H2,(H,28,34)(H,29,32). The highest BCUT2D eigenvalue weighted by molar-refractivity contribution is 5.91. The molecule has 2 aromatic carbocycles. The second-order valence-corrected chi connectivity index (χ2v) is 8.88. The zero-order valence-corrected chi connectivity index (χ0v) is 18.9. The van der Waals surface area contributed by atoms with Gasteiger partial charge in [0, 0.05) is 36.9 Å². The van der Waals surface area contributed by atoms with Crippen molar-refractivity contribution in [2.24, 2.45) is 5.92 Å². The minimum Gasteiger partial charge on any atom is -0.484 e. The molecule has 0 aliphatic carbocycles. The van der Waals surface area contributed by atoms with Crippen molar-refractivity contribution in [2.45, 2.75) is 18.9 Å². The topological polar surface area (TPSA) is 92.7 Å². The number of carbonyl (C=O) groups is 2. The Morgan fingerprint density at radius 2 is 1.71 bits per heavy atom. The lowest BCUT2D eigenvalue weighted by Gasteiger charge is -2.42. The molecule has 1 aromatic heterocycles. The molecule has 35 heavy (non-hydrogen) atoms. The van der Waals surface area contributed by atoms with Crippen LogP contribution in [0, 0.1) is 11.7 Å². The fourth-order valence-corrected chi connectivity index (χ4v) is 4.79. The Balaban J connectivity index is 1.25. The van der Waals surface area contributed by atoms with Crippen LogP contribution in [0.25, 0.3) is 0 Å². The highest BCUT2D eigenvalue weighted by atomic mass is 19.1. The Labute approximate surface area is 201 Å². The van der Waals surface area contributed by atoms with E-state index in [9.17, 15) is 18.8 Å². The largest absolute Gasteiger partial charge is 0.484 e. The minimum atomic E-state index is -0.411. The van der Waals surface area contributed by atoms with E-state index in [0.717, 1.165) is 12.1 Å². The zero-order chi connectivity index (χ0) is 24.4. The lowest BCUT2D eigenvalue weighted by Crippen LogP contribution is -2.50. The summed E-state index contributed by atoms with van der Waals surface area (Å²) in [5.41, 5.74) is 1.33. The van der Waals surface area contributed by atoms with E-state index in [1.165, 1.54) is 24.3 Å². The number of rotatable bonds is 5. The molecule has 2 atom stereocenters. The predicted octanol–water partition coefficient (Wildman–Crippen LogP) is 3.66. The summed E-state index contributed by atoms with van der Waals surface area (Å²) in [6.45, 7) is 1.25. The van der Waals surface area contributed by atoms with Gasteiger partial charge in [-0.1, -0.05) is 18.2 Å². The van der Waals surface area contributed by atoms with Gasteiger partial charge in [-0.2, -0.15) is 0 Å². The van der Waals surface area contributed by atoms with Crippen LogP contribution in [0.4, 0.5) is 20.6 Å². The maximum absolute atomic E-state index is 13.1. The molecule has 0 radical (unpaired) electrons. The van der Waals surface area contributed by atoms with Gasteiger partial charge in [0.1, 0.15) is 17.3 Å². The van der Waals surface area contributed by atoms with Gasteiger partial charge in [-0.3, -0.25) is 9.59 Å². The number of nitrogens with zero attached hydrogens (tertiary/aromatic N) is 2. The highest BCUT2D eigenvalue weighted by Crippen LogP contribution is 2.35. The van der Waals surface area contributed by atoms with Crippen LogP contribution in [-0.4, -0.2) is 41.1 Å². The third-order valence-electron chi connectivity index (χ3n) is 6.37. The summed E-state index contributed by atoms with van der Waals surface area (Å²) in [7, 11) is 0. The first kappa shape index (κ1) is 22.6. The number of likely N-dealkylation sites (tertiary alicyclic amines) is 1. The van der Waals surface area contributed by atoms with E-state index in [0.29, 0.717) is 31.1 Å². The first-order valence-corrected chi connectivity index (χ1v) is 11.5. The molecule has 0 spiro atoms. The Kier molecular flexibility index (Phi) is 6.22. The molecule has 8 nitrogen and oxygen atoms in total. The quantitative estimate of drug-likeness (QED) is 0.588. The number of pyridine rings is 1. The number of ether oxygens (including phenoxy) is 1. The van der Waals surface area contributed by atoms with E-state index < -0.39 is 5.91 Å². The van der Waals surface area contributed by atoms with Crippen molar-refractivity contribution in [3.05, 3.63) is 88.6 Å². The van der Waals surface area contributed by atoms with Crippen LogP contribution in [0.3, 0.4) is 0 Å². The van der Waals surface area contributed by atoms with Crippen molar-refractivity contribution in [3.63, 3.8) is 0 Å². The smallest absolute Gasteiger partial charge is 0.321 e. The molecule has 2 unspecified atom stereocenters. The van der Waals surface area contributed by atoms with E-state index in [4.69, 9.17) is 4.74 Å². The van der Waals surface area contributed by atoms with Gasteiger partial charge in [0.05, 0.1) is 0 Å². The van der Waals surface area contributed by atoms with Gasteiger partial charge < -0.3 is 24.8 Å². The number of para-hydroxylation sites is 1. The average molecular weight is 477 g/mol. The van der Waals surface area contributed by atoms with E-state index in [1.807, 2.05) is 24.3 Å². The van der Waals surface area contributed by atoms with Gasteiger partial charge in [0.2, 0.25) is 0 Å². The Morgan fingerprint density at radius 3 is 2.49 bits per heavy atom. The summed E-state index contributed by atoms with van der Waals surface area (Å²) in [6, 6.07) is 17.8. The van der Waals surface area contributed by atoms with Crippen LogP contribution in [-0.2, 0) is 11.3 Å². The van der Waals surface area contributed by atoms with Crippen LogP contribution < -0.4 is 20.9 Å². The SMILES string of the molecule is O=C(COc1ccccc1)Nc1ccc2n(c1=O)CC1CC2CN(C(=O)Nc2ccc(F)cc2)C1. The van der Waals surface area contributed by atoms with Crippen molar-refractivity contribution in [1.29, 1.82) is 0 Å². The first-order chi connectivity index (χ1) is 17.0. The van der Waals surface area contributed by atoms with Gasteiger partial charge in [-0.15, -0.1) is 0 Å². The molecule has 2 N–H and O–H groups in total. The highest BCUT2D eigenvalue weighted by Gasteiger charge is 2.36. The lowest BCUT2D eigenvalue weighted by molar-refractivity contribution is -0.118. The summed E-state index contributed by atoms with van der Waals surface area (Å²) >= 11 is 0. The van der Waals surface area contributed by atoms with Crippen LogP contribution >= 0.6 is 0 Å². The van der Waals surface area contributed by atoms with Crippen molar-refractivity contribution in [2.75, 3.05) is 30.3 Å². The molecule has 9 heteroatoms. The molecular formula is C26H25FN4O4. The summed E-state index contributed by atoms with van der Waals surface area (Å²) in [5.74, 6) is -0.0701. The summed E-state index contributed by atoms with van der Waals surface area (Å²) in [5, 5.41) is 5.47. The van der Waals surface area contributed by atoms with Gasteiger partial charge in [0.15, 0.2) is 6.61 Å². The Morgan fingerprint density at radius 1 is 0.943 bits per heavy atom. The number of halogens is 1. The molecule has 2 aliphatic heterocycles. The number of fused-ring (bicyclic) bond motifs is 4. The molecular weight excluding hydrogens is 451 g/mol. The molecule has 1 fully saturated rings. The van der Waals surface area contributed by atoms with Crippen LogP contribution in [0.15, 0.2) is 71.5 Å². The molecule has 3 aromatic rings. The first-order valence-electron chi connectivity index (χ1n) is 11.5. The van der Waals surface area contributed by atoms with Crippen molar-refractivity contribution in [1.82, 2.24) is 9.47 Å². The summed E-state index contributed by atoms with van der Waals surface area (Å²) in [4.78, 5) is 40.0. The van der Waals surface area contributed by atoms with E-state index in [2.05, 4.69) is 10.6 Å². The number of hydrogen-bond donors (Lipinski definition) is 2. The molecule has 0 saturated carbocycles. The average Bonchev–Trinajstić information content (AvgIpc) is 2.86. The molecule has 5 rings (SSSR count). The van der Waals surface area contributed by atoms with Crippen molar-refractivity contribution >= 4 is 23.3 Å². The van der Waals surface area contributed by atoms with Crippen molar-refractivity contribution < 1.29 is 18.7 Å². The van der Waals surface area contributed by atoms with E-state index in [-0.39, 0.29) is 41.5 Å². The number of piperidine rings is 1. The number of amides is 3. The lowest BCUT2D eigenvalue weighted by atomic mass is 9.83. The zero-order valence-electron chi connectivity index (χ0n) is 18.9. The number of aromatic nitrogens is 1. The fourth-order valence-electron chi connectivity index (χ4n) is 4.79. The van der Waals surface area contributed by atoms with Gasteiger partial charge in [-0.25, -0.2) is 9.18 Å². The van der Waals surface area contributed by atoms with E-state index in [1.54, 1.807) is 27.7 Å². The van der Waals surface area contributed by atoms with Crippen molar-refractivity contribution in [3.8, 4) is 5.75 Å². The third kappa shape index (κ3) is 5.03. The molecule has 1 saturated heterocycles. The van der Waals surface area contributed by atoms with Crippen LogP contribution in [0.2, 0.25) is 0 Å². The second kappa shape index (κ2) is 9.61. The molecule has 180 valence electrons. The number of nitrogens with one attached hydrogen (secondary N) is 2. The maximum Gasteiger partial charge on any atom is 0.321 e. The predicted molar refractivity (Wildman–Crippen MR) is 129 cm³/mol. The summed E-state index contributed by atoms with van der Waals surface area (Å²) in [6.07, 6.45) is 0.885. The molecule has 3 amide bonds. The molecule has 2 aliphatic rings. The third-order valence-corrected chi connectivity index (χ3v) is 6.37. The Bertz CT molecular complexity index is 1290. The molecule has 2 bridgehead atoms. The van der Waals surface area contributed by atoms with Crippen LogP contribution in [0.5, 0.6) is 5.75 Å². The minimum absolute atomic E-state index is 0.0142. The van der Waals surface area contributed by atoms with Gasteiger partial charge in [-0.05, 0) is 60.9 Å². The maximum atomic E-state index is 13.1. The number of anilines is 2. The number of carbonyl (C=O) groups excluding carboxylic acids is 2. The molecule has 3 heterocycles. The van der Waals surface area contributed by atoms with E-state index >= 15 is 0 Å². The normalized spacial score (nSPS) is 18.4. The summed E-state index contributed by atoms with van der Waals surface area (Å²) < 4.78 is 20.3. The number of urea groups is 1. The van der Waals surface area contributed by atoms with Gasteiger partial charge >= 0.3 is 6.03 Å². The van der Waals surface area contributed by atoms with Crippen LogP contribution in [0.1, 0.15) is 18.0 Å². The Hall–Kier alpha value is -4.14. The number of benzene rings is 2. The monoisotopic (exact) mass is 476 g/mol. The fraction of sp³-hybridized carbons (Fsp3) is 0.269. The van der Waals surface area contributed by atoms with Gasteiger partial charge in [0.25, 0.3) is 11.5 Å². The number of hydrogen-bond acceptors (Lipinski definition) is 4. The second-order valence-electron chi connectivity index (χ2n) is 8.88.